The Morgan fingerprint density at radius 3 is 1.76 bits per heavy atom. The molecule has 0 amide bonds. The second-order valence-corrected chi connectivity index (χ2v) is 5.97. The Balaban J connectivity index is 0.00000256. The molecule has 17 heavy (non-hydrogen) atoms. The molecule has 1 rings (SSSR count). The molecule has 0 spiro atoms. The summed E-state index contributed by atoms with van der Waals surface area (Å²) >= 11 is 0. The van der Waals surface area contributed by atoms with E-state index in [1.165, 1.54) is 88.3 Å². The van der Waals surface area contributed by atoms with Crippen molar-refractivity contribution in [3.05, 3.63) is 0 Å². The zero-order valence-electron chi connectivity index (χ0n) is 12.0. The van der Waals surface area contributed by atoms with E-state index in [9.17, 15) is 0 Å². The molecular weight excluding hydrogens is 274 g/mol. The maximum atomic E-state index is 2.45. The molecule has 0 aromatic rings. The third kappa shape index (κ3) is 8.20. The van der Waals surface area contributed by atoms with Gasteiger partial charge < -0.3 is 21.5 Å². The number of hydrogen-bond acceptors (Lipinski definition) is 0. The predicted octanol–water partition coefficient (Wildman–Crippen LogP) is 1.37. The summed E-state index contributed by atoms with van der Waals surface area (Å²) < 4.78 is 1.37. The summed E-state index contributed by atoms with van der Waals surface area (Å²) in [4.78, 5) is 0. The topological polar surface area (TPSA) is 0 Å². The molecule has 1 aliphatic heterocycles. The van der Waals surface area contributed by atoms with Crippen LogP contribution in [0.3, 0.4) is 0 Å². The molecule has 0 N–H and O–H groups in total. The van der Waals surface area contributed by atoms with Gasteiger partial charge in [0.05, 0.1) is 26.7 Å². The molecule has 1 aliphatic rings. The summed E-state index contributed by atoms with van der Waals surface area (Å²) in [6, 6.07) is 0. The van der Waals surface area contributed by atoms with Crippen molar-refractivity contribution in [1.82, 2.24) is 0 Å². The fourth-order valence-corrected chi connectivity index (χ4v) is 2.95. The molecule has 1 saturated heterocycles. The summed E-state index contributed by atoms with van der Waals surface area (Å²) in [6.45, 7) is 6.61. The van der Waals surface area contributed by atoms with Crippen LogP contribution in [0.25, 0.3) is 0 Å². The quantitative estimate of drug-likeness (QED) is 0.446. The number of hydrogen-bond donors (Lipinski definition) is 0. The Morgan fingerprint density at radius 1 is 0.765 bits per heavy atom. The van der Waals surface area contributed by atoms with Gasteiger partial charge in [-0.25, -0.2) is 0 Å². The molecular formula is C15H32BrN. The molecule has 1 heterocycles. The van der Waals surface area contributed by atoms with Crippen LogP contribution in [-0.2, 0) is 0 Å². The van der Waals surface area contributed by atoms with Crippen LogP contribution in [0, 0.1) is 0 Å². The van der Waals surface area contributed by atoms with Gasteiger partial charge in [0.2, 0.25) is 0 Å². The third-order valence-corrected chi connectivity index (χ3v) is 4.20. The van der Waals surface area contributed by atoms with Gasteiger partial charge >= 0.3 is 0 Å². The summed E-state index contributed by atoms with van der Waals surface area (Å²) in [5.41, 5.74) is 0. The fourth-order valence-electron chi connectivity index (χ4n) is 2.95. The average Bonchev–Trinajstić information content (AvgIpc) is 2.70. The summed E-state index contributed by atoms with van der Waals surface area (Å²) in [5.74, 6) is 0. The van der Waals surface area contributed by atoms with Gasteiger partial charge in [0.1, 0.15) is 0 Å². The molecule has 0 atom stereocenters. The molecule has 0 aromatic heterocycles. The molecule has 0 aliphatic carbocycles. The lowest BCUT2D eigenvalue weighted by atomic mass is 10.1. The molecule has 0 saturated carbocycles. The first-order valence-corrected chi connectivity index (χ1v) is 7.60. The zero-order chi connectivity index (χ0) is 11.7. The molecule has 2 heteroatoms. The first-order chi connectivity index (χ1) is 7.77. The van der Waals surface area contributed by atoms with E-state index in [-0.39, 0.29) is 17.0 Å². The minimum absolute atomic E-state index is 0. The Labute approximate surface area is 119 Å². The van der Waals surface area contributed by atoms with Crippen molar-refractivity contribution >= 4 is 0 Å². The van der Waals surface area contributed by atoms with Crippen molar-refractivity contribution in [2.75, 3.05) is 26.7 Å². The lowest BCUT2D eigenvalue weighted by Crippen LogP contribution is -3.00. The Hall–Kier alpha value is 0.440. The Kier molecular flexibility index (Phi) is 10.6. The largest absolute Gasteiger partial charge is 1.00 e. The van der Waals surface area contributed by atoms with Crippen molar-refractivity contribution in [2.45, 2.75) is 71.1 Å². The number of rotatable bonds is 9. The maximum Gasteiger partial charge on any atom is 0.0786 e. The van der Waals surface area contributed by atoms with Crippen molar-refractivity contribution in [2.24, 2.45) is 0 Å². The lowest BCUT2D eigenvalue weighted by molar-refractivity contribution is -0.897. The van der Waals surface area contributed by atoms with Crippen molar-refractivity contribution in [3.8, 4) is 0 Å². The van der Waals surface area contributed by atoms with Gasteiger partial charge in [0.15, 0.2) is 0 Å². The number of quaternary nitrogens is 1. The number of likely N-dealkylation sites (tertiary alicyclic amines) is 1. The van der Waals surface area contributed by atoms with Crippen molar-refractivity contribution in [3.63, 3.8) is 0 Å². The van der Waals surface area contributed by atoms with Crippen LogP contribution < -0.4 is 17.0 Å². The Bertz CT molecular complexity index is 164. The van der Waals surface area contributed by atoms with Crippen LogP contribution in [0.5, 0.6) is 0 Å². The monoisotopic (exact) mass is 305 g/mol. The first-order valence-electron chi connectivity index (χ1n) is 7.60. The fraction of sp³-hybridized carbons (Fsp3) is 1.00. The first kappa shape index (κ1) is 17.4. The van der Waals surface area contributed by atoms with E-state index in [2.05, 4.69) is 14.0 Å². The second kappa shape index (κ2) is 10.4. The van der Waals surface area contributed by atoms with Gasteiger partial charge in [-0.1, -0.05) is 45.4 Å². The highest BCUT2D eigenvalue weighted by molar-refractivity contribution is 4.53. The second-order valence-electron chi connectivity index (χ2n) is 5.97. The van der Waals surface area contributed by atoms with Gasteiger partial charge in [-0.3, -0.25) is 0 Å². The zero-order valence-corrected chi connectivity index (χ0v) is 13.6. The Morgan fingerprint density at radius 2 is 1.24 bits per heavy atom. The van der Waals surface area contributed by atoms with E-state index in [1.807, 2.05) is 0 Å². The maximum absolute atomic E-state index is 2.45. The van der Waals surface area contributed by atoms with Crippen LogP contribution in [-0.4, -0.2) is 31.2 Å². The van der Waals surface area contributed by atoms with Crippen LogP contribution >= 0.6 is 0 Å². The molecule has 0 bridgehead atoms. The van der Waals surface area contributed by atoms with E-state index in [0.29, 0.717) is 0 Å². The van der Waals surface area contributed by atoms with Gasteiger partial charge in [-0.15, -0.1) is 0 Å². The van der Waals surface area contributed by atoms with Crippen LogP contribution in [0.4, 0.5) is 0 Å². The normalized spacial score (nSPS) is 18.0. The highest BCUT2D eigenvalue weighted by Gasteiger charge is 2.25. The summed E-state index contributed by atoms with van der Waals surface area (Å²) in [6.07, 6.45) is 14.6. The van der Waals surface area contributed by atoms with E-state index >= 15 is 0 Å². The third-order valence-electron chi connectivity index (χ3n) is 4.20. The standard InChI is InChI=1S/C15H32N.BrH/c1-3-4-5-6-7-8-9-10-13-16(2)14-11-12-15-16;/h3-15H2,1-2H3;1H/q+1;/p-1. The molecule has 0 unspecified atom stereocenters. The smallest absolute Gasteiger partial charge is 0.0786 e. The highest BCUT2D eigenvalue weighted by Crippen LogP contribution is 2.18. The van der Waals surface area contributed by atoms with Gasteiger partial charge in [0.25, 0.3) is 0 Å². The van der Waals surface area contributed by atoms with E-state index in [4.69, 9.17) is 0 Å². The predicted molar refractivity (Wildman–Crippen MR) is 72.6 cm³/mol. The molecule has 0 aromatic carbocycles. The number of nitrogens with zero attached hydrogens (tertiary/aromatic N) is 1. The molecule has 104 valence electrons. The van der Waals surface area contributed by atoms with Crippen LogP contribution in [0.2, 0.25) is 0 Å². The SMILES string of the molecule is CCCCCCCCCC[N+]1(C)CCCC1.[Br-]. The molecule has 0 radical (unpaired) electrons. The van der Waals surface area contributed by atoms with E-state index in [0.717, 1.165) is 0 Å². The van der Waals surface area contributed by atoms with Crippen molar-refractivity contribution in [1.29, 1.82) is 0 Å². The minimum Gasteiger partial charge on any atom is -1.00 e. The number of halogens is 1. The van der Waals surface area contributed by atoms with Gasteiger partial charge in [0, 0.05) is 12.8 Å². The van der Waals surface area contributed by atoms with Crippen LogP contribution in [0.15, 0.2) is 0 Å². The molecule has 1 fully saturated rings. The average molecular weight is 306 g/mol. The van der Waals surface area contributed by atoms with E-state index in [1.54, 1.807) is 0 Å². The highest BCUT2D eigenvalue weighted by atomic mass is 79.9. The summed E-state index contributed by atoms with van der Waals surface area (Å²) in [5, 5.41) is 0. The minimum atomic E-state index is 0. The molecule has 1 nitrogen and oxygen atoms in total. The summed E-state index contributed by atoms with van der Waals surface area (Å²) in [7, 11) is 2.45. The number of unbranched alkanes of at least 4 members (excludes halogenated alkanes) is 7. The van der Waals surface area contributed by atoms with Gasteiger partial charge in [-0.05, 0) is 12.8 Å². The van der Waals surface area contributed by atoms with Gasteiger partial charge in [-0.2, -0.15) is 0 Å². The van der Waals surface area contributed by atoms with Crippen LogP contribution in [0.1, 0.15) is 71.1 Å². The van der Waals surface area contributed by atoms with E-state index < -0.39 is 0 Å². The van der Waals surface area contributed by atoms with Crippen molar-refractivity contribution < 1.29 is 21.5 Å². The lowest BCUT2D eigenvalue weighted by Gasteiger charge is -2.29.